The average Bonchev–Trinajstić information content (AvgIpc) is 3.08. The summed E-state index contributed by atoms with van der Waals surface area (Å²) < 4.78 is 55.4. The Labute approximate surface area is 169 Å². The van der Waals surface area contributed by atoms with Gasteiger partial charge in [-0.3, -0.25) is 4.79 Å². The molecule has 0 fully saturated rings. The van der Waals surface area contributed by atoms with Crippen LogP contribution in [0.2, 0.25) is 0 Å². The van der Waals surface area contributed by atoms with Gasteiger partial charge in [-0.25, -0.2) is 4.79 Å². The molecule has 1 amide bonds. The Kier molecular flexibility index (Phi) is 6.90. The number of benzene rings is 1. The standard InChI is InChI=1S/C18H20F3N3O6/c1-17(2,3)29-16(26)22-12(9-13(25)27-4)15-23-14(24-30-15)10-5-7-11(8-6-10)28-18(19,20)21/h5-8,12H,9H2,1-4H3,(H,22,26). The largest absolute Gasteiger partial charge is 0.573 e. The highest BCUT2D eigenvalue weighted by molar-refractivity contribution is 5.73. The first-order chi connectivity index (χ1) is 13.9. The van der Waals surface area contributed by atoms with Crippen molar-refractivity contribution in [3.63, 3.8) is 0 Å². The Hall–Kier alpha value is -3.31. The highest BCUT2D eigenvalue weighted by Gasteiger charge is 2.31. The number of nitrogens with one attached hydrogen (secondary N) is 1. The van der Waals surface area contributed by atoms with Gasteiger partial charge in [0.05, 0.1) is 13.5 Å². The second-order valence-corrected chi connectivity index (χ2v) is 7.01. The van der Waals surface area contributed by atoms with Gasteiger partial charge in [-0.1, -0.05) is 5.16 Å². The first-order valence-electron chi connectivity index (χ1n) is 8.62. The molecule has 30 heavy (non-hydrogen) atoms. The maximum Gasteiger partial charge on any atom is 0.573 e. The van der Waals surface area contributed by atoms with E-state index in [1.807, 2.05) is 0 Å². The third-order valence-electron chi connectivity index (χ3n) is 3.38. The molecule has 0 radical (unpaired) electrons. The highest BCUT2D eigenvalue weighted by atomic mass is 19.4. The summed E-state index contributed by atoms with van der Waals surface area (Å²) in [7, 11) is 1.18. The molecule has 1 aromatic carbocycles. The Balaban J connectivity index is 2.19. The number of esters is 1. The van der Waals surface area contributed by atoms with E-state index in [9.17, 15) is 22.8 Å². The van der Waals surface area contributed by atoms with Crippen LogP contribution in [0.25, 0.3) is 11.4 Å². The van der Waals surface area contributed by atoms with Crippen LogP contribution in [0.4, 0.5) is 18.0 Å². The van der Waals surface area contributed by atoms with Crippen molar-refractivity contribution in [1.29, 1.82) is 0 Å². The van der Waals surface area contributed by atoms with Crippen molar-refractivity contribution in [2.45, 2.75) is 45.2 Å². The average molecular weight is 431 g/mol. The molecule has 2 rings (SSSR count). The monoisotopic (exact) mass is 431 g/mol. The molecular formula is C18H20F3N3O6. The number of aromatic nitrogens is 2. The summed E-state index contributed by atoms with van der Waals surface area (Å²) in [6, 6.07) is 3.73. The van der Waals surface area contributed by atoms with Crippen LogP contribution in [0, 0.1) is 0 Å². The minimum Gasteiger partial charge on any atom is -0.469 e. The molecule has 164 valence electrons. The van der Waals surface area contributed by atoms with E-state index in [1.54, 1.807) is 20.8 Å². The fourth-order valence-corrected chi connectivity index (χ4v) is 2.20. The number of carbonyl (C=O) groups is 2. The molecule has 0 aliphatic rings. The predicted molar refractivity (Wildman–Crippen MR) is 95.2 cm³/mol. The van der Waals surface area contributed by atoms with E-state index in [2.05, 4.69) is 24.9 Å². The van der Waals surface area contributed by atoms with E-state index in [1.165, 1.54) is 19.2 Å². The normalized spacial score (nSPS) is 12.8. The van der Waals surface area contributed by atoms with Gasteiger partial charge in [0, 0.05) is 5.56 Å². The van der Waals surface area contributed by atoms with Gasteiger partial charge in [0.1, 0.15) is 17.4 Å². The number of amides is 1. The lowest BCUT2D eigenvalue weighted by atomic mass is 10.2. The second kappa shape index (κ2) is 9.01. The van der Waals surface area contributed by atoms with E-state index in [-0.39, 0.29) is 18.1 Å². The molecule has 0 spiro atoms. The van der Waals surface area contributed by atoms with Crippen LogP contribution < -0.4 is 10.1 Å². The molecule has 1 unspecified atom stereocenters. The summed E-state index contributed by atoms with van der Waals surface area (Å²) in [4.78, 5) is 27.8. The molecule has 1 heterocycles. The van der Waals surface area contributed by atoms with Crippen LogP contribution in [-0.4, -0.2) is 41.3 Å². The predicted octanol–water partition coefficient (Wildman–Crippen LogP) is 3.76. The van der Waals surface area contributed by atoms with E-state index < -0.39 is 35.8 Å². The number of nitrogens with zero attached hydrogens (tertiary/aromatic N) is 2. The molecule has 0 bridgehead atoms. The molecule has 0 aliphatic heterocycles. The van der Waals surface area contributed by atoms with E-state index in [0.717, 1.165) is 12.1 Å². The van der Waals surface area contributed by atoms with Crippen molar-refractivity contribution in [3.8, 4) is 17.1 Å². The number of hydrogen-bond acceptors (Lipinski definition) is 8. The summed E-state index contributed by atoms with van der Waals surface area (Å²) in [5.41, 5.74) is -0.450. The van der Waals surface area contributed by atoms with Crippen molar-refractivity contribution in [1.82, 2.24) is 15.5 Å². The van der Waals surface area contributed by atoms with Gasteiger partial charge in [-0.2, -0.15) is 4.98 Å². The van der Waals surface area contributed by atoms with Crippen molar-refractivity contribution >= 4 is 12.1 Å². The third-order valence-corrected chi connectivity index (χ3v) is 3.38. The van der Waals surface area contributed by atoms with Crippen molar-refractivity contribution < 1.29 is 41.5 Å². The number of carbonyl (C=O) groups excluding carboxylic acids is 2. The number of rotatable bonds is 6. The first-order valence-corrected chi connectivity index (χ1v) is 8.62. The zero-order chi connectivity index (χ0) is 22.5. The zero-order valence-corrected chi connectivity index (χ0v) is 16.6. The summed E-state index contributed by atoms with van der Waals surface area (Å²) in [5, 5.41) is 6.18. The quantitative estimate of drug-likeness (QED) is 0.688. The zero-order valence-electron chi connectivity index (χ0n) is 16.6. The van der Waals surface area contributed by atoms with Gasteiger partial charge in [0.25, 0.3) is 0 Å². The molecule has 2 aromatic rings. The lowest BCUT2D eigenvalue weighted by Crippen LogP contribution is -2.36. The maximum absolute atomic E-state index is 12.3. The van der Waals surface area contributed by atoms with Crippen LogP contribution in [-0.2, 0) is 14.3 Å². The Morgan fingerprint density at radius 2 is 1.80 bits per heavy atom. The van der Waals surface area contributed by atoms with Crippen molar-refractivity contribution in [3.05, 3.63) is 30.2 Å². The molecule has 9 nitrogen and oxygen atoms in total. The van der Waals surface area contributed by atoms with E-state index in [0.29, 0.717) is 5.56 Å². The summed E-state index contributed by atoms with van der Waals surface area (Å²) in [5.74, 6) is -1.14. The number of ether oxygens (including phenoxy) is 3. The fraction of sp³-hybridized carbons (Fsp3) is 0.444. The first kappa shape index (κ1) is 23.0. The van der Waals surface area contributed by atoms with Gasteiger partial charge >= 0.3 is 18.4 Å². The summed E-state index contributed by atoms with van der Waals surface area (Å²) in [6.07, 6.45) is -5.94. The lowest BCUT2D eigenvalue weighted by Gasteiger charge is -2.21. The maximum atomic E-state index is 12.3. The van der Waals surface area contributed by atoms with Crippen molar-refractivity contribution in [2.75, 3.05) is 7.11 Å². The van der Waals surface area contributed by atoms with Gasteiger partial charge in [0.2, 0.25) is 11.7 Å². The molecule has 1 aromatic heterocycles. The van der Waals surface area contributed by atoms with Crippen LogP contribution in [0.5, 0.6) is 5.75 Å². The van der Waals surface area contributed by atoms with Crippen LogP contribution in [0.1, 0.15) is 39.1 Å². The summed E-state index contributed by atoms with van der Waals surface area (Å²) >= 11 is 0. The number of hydrogen-bond donors (Lipinski definition) is 1. The van der Waals surface area contributed by atoms with Gasteiger partial charge in [-0.15, -0.1) is 13.2 Å². The van der Waals surface area contributed by atoms with Gasteiger partial charge in [0.15, 0.2) is 0 Å². The molecule has 0 aliphatic carbocycles. The van der Waals surface area contributed by atoms with E-state index >= 15 is 0 Å². The van der Waals surface area contributed by atoms with Crippen LogP contribution in [0.3, 0.4) is 0 Å². The lowest BCUT2D eigenvalue weighted by molar-refractivity contribution is -0.274. The van der Waals surface area contributed by atoms with Crippen LogP contribution in [0.15, 0.2) is 28.8 Å². The molecule has 0 saturated heterocycles. The molecule has 1 N–H and O–H groups in total. The third kappa shape index (κ3) is 7.26. The Morgan fingerprint density at radius 1 is 1.17 bits per heavy atom. The number of alkyl halides is 3. The van der Waals surface area contributed by atoms with Crippen molar-refractivity contribution in [2.24, 2.45) is 0 Å². The molecule has 0 saturated carbocycles. The molecule has 1 atom stereocenters. The van der Waals surface area contributed by atoms with E-state index in [4.69, 9.17) is 9.26 Å². The highest BCUT2D eigenvalue weighted by Crippen LogP contribution is 2.26. The number of halogens is 3. The smallest absolute Gasteiger partial charge is 0.469 e. The number of methoxy groups -OCH3 is 1. The molecular weight excluding hydrogens is 411 g/mol. The van der Waals surface area contributed by atoms with Gasteiger partial charge in [-0.05, 0) is 45.0 Å². The second-order valence-electron chi connectivity index (χ2n) is 7.01. The Morgan fingerprint density at radius 3 is 2.33 bits per heavy atom. The summed E-state index contributed by atoms with van der Waals surface area (Å²) in [6.45, 7) is 5.00. The van der Waals surface area contributed by atoms with Crippen LogP contribution >= 0.6 is 0 Å². The SMILES string of the molecule is COC(=O)CC(NC(=O)OC(C)(C)C)c1nc(-c2ccc(OC(F)(F)F)cc2)no1. The number of alkyl carbamates (subject to hydrolysis) is 1. The minimum atomic E-state index is -4.81. The topological polar surface area (TPSA) is 113 Å². The fourth-order valence-electron chi connectivity index (χ4n) is 2.20. The van der Waals surface area contributed by atoms with Gasteiger partial charge < -0.3 is 24.1 Å². The molecule has 12 heteroatoms. The Bertz CT molecular complexity index is 875. The minimum absolute atomic E-state index is 0.0319.